The van der Waals surface area contributed by atoms with Crippen LogP contribution in [0.3, 0.4) is 0 Å². The van der Waals surface area contributed by atoms with E-state index in [9.17, 15) is 0 Å². The number of quaternary nitrogens is 1. The van der Waals surface area contributed by atoms with Crippen LogP contribution in [0.2, 0.25) is 0 Å². The van der Waals surface area contributed by atoms with Gasteiger partial charge in [0.05, 0.1) is 20.6 Å². The molecule has 0 atom stereocenters. The van der Waals surface area contributed by atoms with Crippen LogP contribution in [0.1, 0.15) is 64.7 Å². The van der Waals surface area contributed by atoms with Crippen molar-refractivity contribution in [1.82, 2.24) is 0 Å². The number of nitrogens with one attached hydrogen (secondary N) is 1. The summed E-state index contributed by atoms with van der Waals surface area (Å²) in [6, 6.07) is 0. The van der Waals surface area contributed by atoms with Gasteiger partial charge >= 0.3 is 0 Å². The largest absolute Gasteiger partial charge is 1.00 e. The van der Waals surface area contributed by atoms with Gasteiger partial charge in [0, 0.05) is 0 Å². The highest BCUT2D eigenvalue weighted by atomic mass is 35.5. The van der Waals surface area contributed by atoms with Crippen molar-refractivity contribution < 1.29 is 17.3 Å². The molecule has 0 aliphatic carbocycles. The van der Waals surface area contributed by atoms with E-state index >= 15 is 0 Å². The molecule has 0 aromatic heterocycles. The van der Waals surface area contributed by atoms with Gasteiger partial charge in [0.1, 0.15) is 0 Å². The first-order chi connectivity index (χ1) is 7.77. The lowest BCUT2D eigenvalue weighted by Gasteiger charge is -2.01. The van der Waals surface area contributed by atoms with Crippen LogP contribution < -0.4 is 17.3 Å². The van der Waals surface area contributed by atoms with Crippen molar-refractivity contribution in [3.63, 3.8) is 0 Å². The molecule has 1 nitrogen and oxygen atoms in total. The van der Waals surface area contributed by atoms with Crippen molar-refractivity contribution in [1.29, 1.82) is 0 Å². The van der Waals surface area contributed by atoms with Crippen molar-refractivity contribution in [2.24, 2.45) is 0 Å². The highest BCUT2D eigenvalue weighted by molar-refractivity contribution is 4.80. The van der Waals surface area contributed by atoms with Gasteiger partial charge in [-0.15, -0.1) is 0 Å². The van der Waals surface area contributed by atoms with Gasteiger partial charge in [-0.3, -0.25) is 0 Å². The number of allylic oxidation sites excluding steroid dienone is 1. The van der Waals surface area contributed by atoms with Crippen molar-refractivity contribution >= 4 is 0 Å². The highest BCUT2D eigenvalue weighted by Gasteiger charge is 1.90. The minimum atomic E-state index is 0. The average Bonchev–Trinajstić information content (AvgIpc) is 2.25. The van der Waals surface area contributed by atoms with Crippen molar-refractivity contribution in [2.75, 3.05) is 20.6 Å². The quantitative estimate of drug-likeness (QED) is 0.401. The molecule has 0 unspecified atom stereocenters. The second-order valence-corrected chi connectivity index (χ2v) is 5.15. The standard InChI is InChI=1S/C15H31N.ClH/c1-4-5-6-7-8-9-10-11-12-13-14-15-16(2)3;/h13-14H,4-12,15H2,1-3H3;1H. The normalized spacial score (nSPS) is 11.1. The average molecular weight is 262 g/mol. The third kappa shape index (κ3) is 18.5. The first kappa shape index (κ1) is 19.3. The number of likely N-dealkylation sites (N-methyl/N-ethyl adjacent to an activating group) is 1. The smallest absolute Gasteiger partial charge is 0.0953 e. The van der Waals surface area contributed by atoms with Gasteiger partial charge in [-0.1, -0.05) is 57.9 Å². The van der Waals surface area contributed by atoms with Crippen molar-refractivity contribution in [3.05, 3.63) is 12.2 Å². The monoisotopic (exact) mass is 261 g/mol. The van der Waals surface area contributed by atoms with E-state index in [0.717, 1.165) is 6.54 Å². The van der Waals surface area contributed by atoms with Gasteiger partial charge in [0.25, 0.3) is 0 Å². The maximum Gasteiger partial charge on any atom is 0.0953 e. The topological polar surface area (TPSA) is 4.44 Å². The van der Waals surface area contributed by atoms with E-state index in [2.05, 4.69) is 33.2 Å². The summed E-state index contributed by atoms with van der Waals surface area (Å²) in [6.07, 6.45) is 17.3. The zero-order chi connectivity index (χ0) is 12.1. The van der Waals surface area contributed by atoms with Gasteiger partial charge in [0.2, 0.25) is 0 Å². The van der Waals surface area contributed by atoms with Crippen LogP contribution in [0.25, 0.3) is 0 Å². The minimum absolute atomic E-state index is 0. The molecule has 0 aromatic rings. The third-order valence-corrected chi connectivity index (χ3v) is 2.92. The van der Waals surface area contributed by atoms with Gasteiger partial charge in [0.15, 0.2) is 0 Å². The molecule has 1 N–H and O–H groups in total. The molecule has 0 aliphatic heterocycles. The molecule has 17 heavy (non-hydrogen) atoms. The van der Waals surface area contributed by atoms with Crippen molar-refractivity contribution in [3.8, 4) is 0 Å². The fourth-order valence-electron chi connectivity index (χ4n) is 1.83. The van der Waals surface area contributed by atoms with Crippen LogP contribution in [-0.2, 0) is 0 Å². The summed E-state index contributed by atoms with van der Waals surface area (Å²) in [4.78, 5) is 1.51. The molecule has 0 radical (unpaired) electrons. The Hall–Kier alpha value is -0.0100. The van der Waals surface area contributed by atoms with Gasteiger partial charge in [-0.05, 0) is 18.9 Å². The zero-order valence-electron chi connectivity index (χ0n) is 12.1. The SMILES string of the molecule is CCCCCCCCCCC=CC[NH+](C)C.[Cl-]. The maximum atomic E-state index is 2.35. The van der Waals surface area contributed by atoms with Gasteiger partial charge in [-0.25, -0.2) is 0 Å². The molecule has 0 bridgehead atoms. The first-order valence-corrected chi connectivity index (χ1v) is 7.21. The number of unbranched alkanes of at least 4 members (excludes halogenated alkanes) is 8. The second-order valence-electron chi connectivity index (χ2n) is 5.15. The Morgan fingerprint density at radius 1 is 0.765 bits per heavy atom. The van der Waals surface area contributed by atoms with Crippen LogP contribution >= 0.6 is 0 Å². The maximum absolute atomic E-state index is 2.35. The highest BCUT2D eigenvalue weighted by Crippen LogP contribution is 2.09. The molecule has 0 spiro atoms. The molecule has 0 aromatic carbocycles. The summed E-state index contributed by atoms with van der Waals surface area (Å²) in [5.74, 6) is 0. The van der Waals surface area contributed by atoms with Crippen LogP contribution in [0.5, 0.6) is 0 Å². The van der Waals surface area contributed by atoms with Gasteiger partial charge in [-0.2, -0.15) is 0 Å². The molecule has 0 amide bonds. The third-order valence-electron chi connectivity index (χ3n) is 2.92. The molecule has 0 aliphatic rings. The summed E-state index contributed by atoms with van der Waals surface area (Å²) >= 11 is 0. The molecule has 0 saturated heterocycles. The lowest BCUT2D eigenvalue weighted by molar-refractivity contribution is -0.851. The van der Waals surface area contributed by atoms with E-state index < -0.39 is 0 Å². The minimum Gasteiger partial charge on any atom is -1.00 e. The Kier molecular flexibility index (Phi) is 18.2. The van der Waals surface area contributed by atoms with Crippen molar-refractivity contribution in [2.45, 2.75) is 64.7 Å². The number of hydrogen-bond acceptors (Lipinski definition) is 0. The predicted molar refractivity (Wildman–Crippen MR) is 74.0 cm³/mol. The molecule has 0 heterocycles. The molecular weight excluding hydrogens is 230 g/mol. The molecule has 0 saturated carbocycles. The Bertz CT molecular complexity index is 155. The van der Waals surface area contributed by atoms with Crippen LogP contribution in [0, 0.1) is 0 Å². The first-order valence-electron chi connectivity index (χ1n) is 7.21. The molecule has 0 fully saturated rings. The Balaban J connectivity index is 0. The van der Waals surface area contributed by atoms with Gasteiger partial charge < -0.3 is 17.3 Å². The fourth-order valence-corrected chi connectivity index (χ4v) is 1.83. The van der Waals surface area contributed by atoms with E-state index in [4.69, 9.17) is 0 Å². The number of rotatable bonds is 11. The molecule has 104 valence electrons. The molecular formula is C15H32ClN. The fraction of sp³-hybridized carbons (Fsp3) is 0.867. The molecule has 2 heteroatoms. The second kappa shape index (κ2) is 16.0. The lowest BCUT2D eigenvalue weighted by Crippen LogP contribution is -3.05. The van der Waals surface area contributed by atoms with E-state index in [-0.39, 0.29) is 12.4 Å². The lowest BCUT2D eigenvalue weighted by atomic mass is 10.1. The van der Waals surface area contributed by atoms with E-state index in [1.165, 1.54) is 62.7 Å². The van der Waals surface area contributed by atoms with Crippen LogP contribution in [-0.4, -0.2) is 20.6 Å². The Morgan fingerprint density at radius 2 is 1.29 bits per heavy atom. The van der Waals surface area contributed by atoms with E-state index in [1.807, 2.05) is 0 Å². The van der Waals surface area contributed by atoms with Crippen LogP contribution in [0.4, 0.5) is 0 Å². The number of hydrogen-bond donors (Lipinski definition) is 1. The van der Waals surface area contributed by atoms with E-state index in [0.29, 0.717) is 0 Å². The Morgan fingerprint density at radius 3 is 1.82 bits per heavy atom. The summed E-state index contributed by atoms with van der Waals surface area (Å²) in [7, 11) is 4.39. The Labute approximate surface area is 115 Å². The summed E-state index contributed by atoms with van der Waals surface area (Å²) in [6.45, 7) is 3.44. The van der Waals surface area contributed by atoms with Crippen LogP contribution in [0.15, 0.2) is 12.2 Å². The zero-order valence-corrected chi connectivity index (χ0v) is 12.9. The number of halogens is 1. The van der Waals surface area contributed by atoms with E-state index in [1.54, 1.807) is 0 Å². The summed E-state index contributed by atoms with van der Waals surface area (Å²) in [5.41, 5.74) is 0. The predicted octanol–water partition coefficient (Wildman–Crippen LogP) is 0.222. The summed E-state index contributed by atoms with van der Waals surface area (Å²) < 4.78 is 0. The summed E-state index contributed by atoms with van der Waals surface area (Å²) in [5, 5.41) is 0. The molecule has 0 rings (SSSR count).